The summed E-state index contributed by atoms with van der Waals surface area (Å²) in [6.07, 6.45) is 1.11. The van der Waals surface area contributed by atoms with Gasteiger partial charge in [-0.25, -0.2) is 18.1 Å². The molecule has 1 heterocycles. The molecule has 0 atom stereocenters. The Balaban J connectivity index is 2.30. The van der Waals surface area contributed by atoms with Gasteiger partial charge < -0.3 is 10.3 Å². The fraction of sp³-hybridized carbons (Fsp3) is 0.300. The third-order valence-electron chi connectivity index (χ3n) is 2.45. The minimum Gasteiger partial charge on any atom is -0.369 e. The Bertz CT molecular complexity index is 680. The smallest absolute Gasteiger partial charge is 0.208 e. The molecule has 0 saturated heterocycles. The van der Waals surface area contributed by atoms with Gasteiger partial charge in [0.2, 0.25) is 16.0 Å². The van der Waals surface area contributed by atoms with Crippen molar-refractivity contribution >= 4 is 38.6 Å². The van der Waals surface area contributed by atoms with Gasteiger partial charge in [-0.05, 0) is 12.1 Å². The zero-order chi connectivity index (χ0) is 13.3. The number of nitrogens with two attached hydrogens (primary N) is 1. The van der Waals surface area contributed by atoms with E-state index < -0.39 is 10.0 Å². The highest BCUT2D eigenvalue weighted by molar-refractivity contribution is 7.88. The molecule has 1 aromatic heterocycles. The van der Waals surface area contributed by atoms with Crippen LogP contribution >= 0.6 is 11.6 Å². The zero-order valence-corrected chi connectivity index (χ0v) is 11.3. The number of halogens is 1. The second-order valence-corrected chi connectivity index (χ2v) is 6.14. The Labute approximate surface area is 110 Å². The van der Waals surface area contributed by atoms with Crippen LogP contribution in [0.5, 0.6) is 0 Å². The van der Waals surface area contributed by atoms with Crippen molar-refractivity contribution in [2.45, 2.75) is 6.54 Å². The molecule has 0 bridgehead atoms. The molecular formula is C10H13ClN4O2S. The molecular weight excluding hydrogens is 276 g/mol. The summed E-state index contributed by atoms with van der Waals surface area (Å²) < 4.78 is 26.1. The lowest BCUT2D eigenvalue weighted by molar-refractivity contribution is 0.581. The van der Waals surface area contributed by atoms with E-state index >= 15 is 0 Å². The van der Waals surface area contributed by atoms with Gasteiger partial charge in [-0.2, -0.15) is 0 Å². The van der Waals surface area contributed by atoms with Crippen molar-refractivity contribution < 1.29 is 8.42 Å². The quantitative estimate of drug-likeness (QED) is 0.871. The molecule has 0 aliphatic heterocycles. The van der Waals surface area contributed by atoms with Crippen molar-refractivity contribution in [3.63, 3.8) is 0 Å². The van der Waals surface area contributed by atoms with Crippen molar-refractivity contribution in [1.29, 1.82) is 0 Å². The topological polar surface area (TPSA) is 90.0 Å². The average molecular weight is 289 g/mol. The standard InChI is InChI=1S/C10H13ClN4O2S/c1-18(16,17)13-5-6-15-9-7(11)3-2-4-8(9)14-10(15)12/h2-4,13H,5-6H2,1H3,(H2,12,14). The maximum atomic E-state index is 11.0. The van der Waals surface area contributed by atoms with E-state index in [1.165, 1.54) is 0 Å². The lowest BCUT2D eigenvalue weighted by atomic mass is 10.3. The maximum Gasteiger partial charge on any atom is 0.208 e. The number of nitrogen functional groups attached to an aromatic ring is 1. The molecule has 8 heteroatoms. The Hall–Kier alpha value is -1.31. The first-order chi connectivity index (χ1) is 8.38. The molecule has 0 aliphatic carbocycles. The monoisotopic (exact) mass is 288 g/mol. The van der Waals surface area contributed by atoms with E-state index in [4.69, 9.17) is 17.3 Å². The number of hydrogen-bond acceptors (Lipinski definition) is 4. The van der Waals surface area contributed by atoms with Crippen LogP contribution in [0.15, 0.2) is 18.2 Å². The summed E-state index contributed by atoms with van der Waals surface area (Å²) in [6.45, 7) is 0.610. The fourth-order valence-electron chi connectivity index (χ4n) is 1.73. The number of imidazole rings is 1. The van der Waals surface area contributed by atoms with Crippen LogP contribution in [0, 0.1) is 0 Å². The van der Waals surface area contributed by atoms with Crippen molar-refractivity contribution in [2.24, 2.45) is 0 Å². The van der Waals surface area contributed by atoms with Gasteiger partial charge in [0.15, 0.2) is 0 Å². The molecule has 18 heavy (non-hydrogen) atoms. The van der Waals surface area contributed by atoms with Crippen molar-refractivity contribution in [3.05, 3.63) is 23.2 Å². The van der Waals surface area contributed by atoms with Crippen LogP contribution in [-0.2, 0) is 16.6 Å². The predicted molar refractivity (Wildman–Crippen MR) is 72.0 cm³/mol. The predicted octanol–water partition coefficient (Wildman–Crippen LogP) is 0.821. The summed E-state index contributed by atoms with van der Waals surface area (Å²) >= 11 is 6.09. The molecule has 98 valence electrons. The Morgan fingerprint density at radius 3 is 2.89 bits per heavy atom. The third-order valence-corrected chi connectivity index (χ3v) is 3.48. The Kier molecular flexibility index (Phi) is 3.47. The molecule has 0 saturated carbocycles. The van der Waals surface area contributed by atoms with Crippen LogP contribution in [0.1, 0.15) is 0 Å². The van der Waals surface area contributed by atoms with Crippen LogP contribution in [0.25, 0.3) is 11.0 Å². The first-order valence-corrected chi connectivity index (χ1v) is 7.50. The number of hydrogen-bond donors (Lipinski definition) is 2. The van der Waals surface area contributed by atoms with E-state index in [9.17, 15) is 8.42 Å². The van der Waals surface area contributed by atoms with E-state index in [2.05, 4.69) is 9.71 Å². The second-order valence-electron chi connectivity index (χ2n) is 3.90. The van der Waals surface area contributed by atoms with E-state index in [1.54, 1.807) is 22.8 Å². The van der Waals surface area contributed by atoms with Gasteiger partial charge in [-0.1, -0.05) is 17.7 Å². The Morgan fingerprint density at radius 2 is 2.22 bits per heavy atom. The van der Waals surface area contributed by atoms with Crippen molar-refractivity contribution in [3.8, 4) is 0 Å². The molecule has 0 amide bonds. The lowest BCUT2D eigenvalue weighted by Crippen LogP contribution is -2.26. The van der Waals surface area contributed by atoms with Gasteiger partial charge in [0.1, 0.15) is 0 Å². The Morgan fingerprint density at radius 1 is 1.50 bits per heavy atom. The van der Waals surface area contributed by atoms with Crippen LogP contribution in [0.2, 0.25) is 5.02 Å². The summed E-state index contributed by atoms with van der Waals surface area (Å²) in [6, 6.07) is 5.33. The number of para-hydroxylation sites is 1. The van der Waals surface area contributed by atoms with E-state index in [0.29, 0.717) is 28.5 Å². The molecule has 2 rings (SSSR count). The molecule has 0 fully saturated rings. The summed E-state index contributed by atoms with van der Waals surface area (Å²) in [5.74, 6) is 0.313. The molecule has 1 aromatic carbocycles. The molecule has 2 aromatic rings. The SMILES string of the molecule is CS(=O)(=O)NCCn1c(N)nc2cccc(Cl)c21. The highest BCUT2D eigenvalue weighted by atomic mass is 35.5. The first-order valence-electron chi connectivity index (χ1n) is 5.23. The van der Waals surface area contributed by atoms with Crippen LogP contribution < -0.4 is 10.5 Å². The summed E-state index contributed by atoms with van der Waals surface area (Å²) in [5, 5.41) is 0.538. The fourth-order valence-corrected chi connectivity index (χ4v) is 2.46. The number of sulfonamides is 1. The molecule has 0 radical (unpaired) electrons. The molecule has 3 N–H and O–H groups in total. The van der Waals surface area contributed by atoms with Gasteiger partial charge in [0, 0.05) is 13.1 Å². The number of nitrogens with zero attached hydrogens (tertiary/aromatic N) is 2. The van der Waals surface area contributed by atoms with Crippen LogP contribution in [0.4, 0.5) is 5.95 Å². The molecule has 6 nitrogen and oxygen atoms in total. The first kappa shape index (κ1) is 13.1. The van der Waals surface area contributed by atoms with Crippen molar-refractivity contribution in [2.75, 3.05) is 18.5 Å². The average Bonchev–Trinajstić information content (AvgIpc) is 2.55. The van der Waals surface area contributed by atoms with Gasteiger partial charge in [-0.3, -0.25) is 0 Å². The summed E-state index contributed by atoms with van der Waals surface area (Å²) in [4.78, 5) is 4.17. The van der Waals surface area contributed by atoms with E-state index in [1.807, 2.05) is 0 Å². The zero-order valence-electron chi connectivity index (χ0n) is 9.72. The normalized spacial score (nSPS) is 12.1. The molecule has 0 unspecified atom stereocenters. The minimum atomic E-state index is -3.21. The number of nitrogens with one attached hydrogen (secondary N) is 1. The van der Waals surface area contributed by atoms with Crippen LogP contribution in [-0.4, -0.2) is 30.8 Å². The number of rotatable bonds is 4. The van der Waals surface area contributed by atoms with Gasteiger partial charge >= 0.3 is 0 Å². The van der Waals surface area contributed by atoms with Crippen LogP contribution in [0.3, 0.4) is 0 Å². The summed E-state index contributed by atoms with van der Waals surface area (Å²) in [5.41, 5.74) is 7.20. The summed E-state index contributed by atoms with van der Waals surface area (Å²) in [7, 11) is -3.21. The number of fused-ring (bicyclic) bond motifs is 1. The number of benzene rings is 1. The highest BCUT2D eigenvalue weighted by Crippen LogP contribution is 2.25. The molecule has 0 aliphatic rings. The van der Waals surface area contributed by atoms with E-state index in [-0.39, 0.29) is 6.54 Å². The van der Waals surface area contributed by atoms with Gasteiger partial charge in [-0.15, -0.1) is 0 Å². The number of aromatic nitrogens is 2. The maximum absolute atomic E-state index is 11.0. The van der Waals surface area contributed by atoms with Gasteiger partial charge in [0.25, 0.3) is 0 Å². The third kappa shape index (κ3) is 2.74. The van der Waals surface area contributed by atoms with E-state index in [0.717, 1.165) is 6.26 Å². The largest absolute Gasteiger partial charge is 0.369 e. The van der Waals surface area contributed by atoms with Crippen molar-refractivity contribution in [1.82, 2.24) is 14.3 Å². The number of anilines is 1. The lowest BCUT2D eigenvalue weighted by Gasteiger charge is -2.07. The minimum absolute atomic E-state index is 0.236. The highest BCUT2D eigenvalue weighted by Gasteiger charge is 2.11. The molecule has 0 spiro atoms. The second kappa shape index (κ2) is 4.75. The van der Waals surface area contributed by atoms with Gasteiger partial charge in [0.05, 0.1) is 22.3 Å².